The Morgan fingerprint density at radius 3 is 2.29 bits per heavy atom. The van der Waals surface area contributed by atoms with E-state index in [1.807, 2.05) is 12.2 Å². The Hall–Kier alpha value is -2.55. The predicted molar refractivity (Wildman–Crippen MR) is 115 cm³/mol. The first-order valence-electron chi connectivity index (χ1n) is 9.85. The topological polar surface area (TPSA) is 50.4 Å². The van der Waals surface area contributed by atoms with Crippen molar-refractivity contribution in [3.05, 3.63) is 70.2 Å². The van der Waals surface area contributed by atoms with E-state index in [-0.39, 0.29) is 16.4 Å². The maximum Gasteiger partial charge on any atom is 0.339 e. The number of rotatable bonds is 4. The highest BCUT2D eigenvalue weighted by Crippen LogP contribution is 2.47. The summed E-state index contributed by atoms with van der Waals surface area (Å²) in [5, 5.41) is 9.17. The smallest absolute Gasteiger partial charge is 0.339 e. The Morgan fingerprint density at radius 2 is 1.68 bits per heavy atom. The van der Waals surface area contributed by atoms with Crippen molar-refractivity contribution in [2.45, 2.75) is 65.2 Å². The molecule has 1 aliphatic rings. The molecule has 0 aliphatic heterocycles. The van der Waals surface area contributed by atoms with E-state index in [0.717, 1.165) is 5.57 Å². The van der Waals surface area contributed by atoms with Gasteiger partial charge in [-0.1, -0.05) is 52.0 Å². The average molecular weight is 379 g/mol. The van der Waals surface area contributed by atoms with Crippen molar-refractivity contribution in [2.24, 2.45) is 0 Å². The summed E-state index contributed by atoms with van der Waals surface area (Å²) in [4.78, 5) is 11.2. The second-order valence-corrected chi connectivity index (χ2v) is 9.19. The van der Waals surface area contributed by atoms with Crippen LogP contribution in [0.4, 0.5) is 0 Å². The summed E-state index contributed by atoms with van der Waals surface area (Å²) in [6.45, 7) is 13.6. The number of hydrogen-bond acceptors (Lipinski definition) is 2. The number of furan rings is 1. The monoisotopic (exact) mass is 378 g/mol. The number of carboxylic acid groups (broad SMARTS) is 1. The zero-order valence-electron chi connectivity index (χ0n) is 17.7. The minimum absolute atomic E-state index is 0.175. The summed E-state index contributed by atoms with van der Waals surface area (Å²) in [5.74, 6) is -0.619. The van der Waals surface area contributed by atoms with Crippen LogP contribution in [0.5, 0.6) is 0 Å². The largest absolute Gasteiger partial charge is 0.478 e. The molecule has 3 nitrogen and oxygen atoms in total. The molecule has 0 amide bonds. The molecule has 0 spiro atoms. The fourth-order valence-electron chi connectivity index (χ4n) is 4.14. The van der Waals surface area contributed by atoms with Crippen molar-refractivity contribution in [2.75, 3.05) is 0 Å². The molecule has 148 valence electrons. The third-order valence-corrected chi connectivity index (χ3v) is 6.14. The zero-order chi connectivity index (χ0) is 20.7. The van der Waals surface area contributed by atoms with Crippen LogP contribution in [-0.4, -0.2) is 11.1 Å². The maximum absolute atomic E-state index is 11.2. The molecular weight excluding hydrogens is 348 g/mol. The molecule has 3 rings (SSSR count). The van der Waals surface area contributed by atoms with Gasteiger partial charge in [0.15, 0.2) is 0 Å². The van der Waals surface area contributed by atoms with Gasteiger partial charge in [-0.3, -0.25) is 0 Å². The van der Waals surface area contributed by atoms with E-state index >= 15 is 0 Å². The minimum Gasteiger partial charge on any atom is -0.478 e. The maximum atomic E-state index is 11.2. The summed E-state index contributed by atoms with van der Waals surface area (Å²) >= 11 is 0. The second-order valence-electron chi connectivity index (χ2n) is 9.19. The second kappa shape index (κ2) is 7.12. The van der Waals surface area contributed by atoms with E-state index in [9.17, 15) is 9.90 Å². The molecule has 1 heterocycles. The van der Waals surface area contributed by atoms with E-state index < -0.39 is 5.97 Å². The summed E-state index contributed by atoms with van der Waals surface area (Å²) in [6, 6.07) is 6.19. The van der Waals surface area contributed by atoms with Crippen molar-refractivity contribution >= 4 is 17.6 Å². The normalized spacial score (nSPS) is 18.3. The molecule has 0 saturated carbocycles. The van der Waals surface area contributed by atoms with E-state index in [1.165, 1.54) is 47.4 Å². The molecule has 0 atom stereocenters. The van der Waals surface area contributed by atoms with Gasteiger partial charge in [0.25, 0.3) is 0 Å². The van der Waals surface area contributed by atoms with Crippen LogP contribution < -0.4 is 0 Å². The Morgan fingerprint density at radius 1 is 1.07 bits per heavy atom. The number of aromatic carboxylic acids is 1. The Kier molecular flexibility index (Phi) is 5.14. The van der Waals surface area contributed by atoms with Gasteiger partial charge >= 0.3 is 5.97 Å². The molecular formula is C25H30O3. The van der Waals surface area contributed by atoms with E-state index in [0.29, 0.717) is 5.76 Å². The molecule has 0 radical (unpaired) electrons. The van der Waals surface area contributed by atoms with Gasteiger partial charge in [-0.25, -0.2) is 4.79 Å². The molecule has 0 bridgehead atoms. The highest BCUT2D eigenvalue weighted by atomic mass is 16.4. The molecule has 1 aromatic heterocycles. The Labute approximate surface area is 167 Å². The van der Waals surface area contributed by atoms with Crippen molar-refractivity contribution in [3.63, 3.8) is 0 Å². The molecule has 1 aliphatic carbocycles. The molecule has 0 unspecified atom stereocenters. The van der Waals surface area contributed by atoms with Crippen LogP contribution in [0.15, 0.2) is 41.0 Å². The van der Waals surface area contributed by atoms with Gasteiger partial charge in [-0.2, -0.15) is 0 Å². The van der Waals surface area contributed by atoms with Gasteiger partial charge in [0.1, 0.15) is 11.3 Å². The van der Waals surface area contributed by atoms with E-state index in [1.54, 1.807) is 6.08 Å². The first kappa shape index (κ1) is 20.2. The first-order valence-corrected chi connectivity index (χ1v) is 9.85. The van der Waals surface area contributed by atoms with Crippen LogP contribution in [0.3, 0.4) is 0 Å². The number of carboxylic acids is 1. The highest BCUT2D eigenvalue weighted by molar-refractivity contribution is 5.91. The fraction of sp³-hybridized carbons (Fsp3) is 0.400. The van der Waals surface area contributed by atoms with Crippen molar-refractivity contribution < 1.29 is 14.3 Å². The number of benzene rings is 1. The van der Waals surface area contributed by atoms with Crippen LogP contribution in [0.2, 0.25) is 0 Å². The Balaban J connectivity index is 1.97. The lowest BCUT2D eigenvalue weighted by atomic mass is 9.62. The lowest BCUT2D eigenvalue weighted by molar-refractivity contribution is 0.0696. The molecule has 3 heteroatoms. The molecule has 1 aromatic carbocycles. The van der Waals surface area contributed by atoms with Gasteiger partial charge in [0.05, 0.1) is 6.26 Å². The lowest BCUT2D eigenvalue weighted by Gasteiger charge is -2.42. The SMILES string of the molecule is C/C(=C\C=C/c1occc1C(=O)O)c1cc2c(cc1C)C(C)(C)CCC2(C)C. The average Bonchev–Trinajstić information content (AvgIpc) is 3.07. The molecule has 28 heavy (non-hydrogen) atoms. The molecule has 2 aromatic rings. The van der Waals surface area contributed by atoms with Crippen LogP contribution in [0.25, 0.3) is 11.6 Å². The van der Waals surface area contributed by atoms with Gasteiger partial charge in [-0.05, 0) is 77.5 Å². The van der Waals surface area contributed by atoms with Gasteiger partial charge in [0.2, 0.25) is 0 Å². The minimum atomic E-state index is -0.982. The standard InChI is InChI=1S/C25H30O3/c1-16(8-7-9-22-18(23(26)27)10-13-28-22)19-15-21-20(14-17(19)2)24(3,4)11-12-25(21,5)6/h7-10,13-15H,11-12H2,1-6H3,(H,26,27)/b9-7-,16-8+. The number of aryl methyl sites for hydroxylation is 1. The van der Waals surface area contributed by atoms with Crippen LogP contribution in [0.1, 0.15) is 85.8 Å². The summed E-state index contributed by atoms with van der Waals surface area (Å²) in [5.41, 5.74) is 7.14. The summed E-state index contributed by atoms with van der Waals surface area (Å²) in [7, 11) is 0. The first-order chi connectivity index (χ1) is 13.0. The third kappa shape index (κ3) is 3.71. The lowest BCUT2D eigenvalue weighted by Crippen LogP contribution is -2.34. The summed E-state index contributed by atoms with van der Waals surface area (Å²) < 4.78 is 5.26. The molecule has 0 fully saturated rings. The van der Waals surface area contributed by atoms with Crippen LogP contribution >= 0.6 is 0 Å². The number of fused-ring (bicyclic) bond motifs is 1. The van der Waals surface area contributed by atoms with Crippen LogP contribution in [-0.2, 0) is 10.8 Å². The quantitative estimate of drug-likeness (QED) is 0.599. The van der Waals surface area contributed by atoms with E-state index in [4.69, 9.17) is 4.42 Å². The van der Waals surface area contributed by atoms with Crippen molar-refractivity contribution in [1.82, 2.24) is 0 Å². The van der Waals surface area contributed by atoms with Gasteiger partial charge in [0, 0.05) is 0 Å². The Bertz CT molecular complexity index is 968. The predicted octanol–water partition coefficient (Wildman–Crippen LogP) is 6.75. The third-order valence-electron chi connectivity index (χ3n) is 6.14. The molecule has 0 saturated heterocycles. The van der Waals surface area contributed by atoms with Crippen LogP contribution in [0, 0.1) is 6.92 Å². The van der Waals surface area contributed by atoms with E-state index in [2.05, 4.69) is 53.7 Å². The van der Waals surface area contributed by atoms with Crippen molar-refractivity contribution in [3.8, 4) is 0 Å². The van der Waals surface area contributed by atoms with Gasteiger partial charge in [-0.15, -0.1) is 0 Å². The number of hydrogen-bond donors (Lipinski definition) is 1. The zero-order valence-corrected chi connectivity index (χ0v) is 17.7. The summed E-state index contributed by atoms with van der Waals surface area (Å²) in [6.07, 6.45) is 9.37. The highest BCUT2D eigenvalue weighted by Gasteiger charge is 2.37. The molecule has 1 N–H and O–H groups in total. The van der Waals surface area contributed by atoms with Gasteiger partial charge < -0.3 is 9.52 Å². The number of allylic oxidation sites excluding steroid dienone is 3. The fourth-order valence-corrected chi connectivity index (χ4v) is 4.14. The number of carbonyl (C=O) groups is 1. The van der Waals surface area contributed by atoms with Crippen molar-refractivity contribution in [1.29, 1.82) is 0 Å².